The summed E-state index contributed by atoms with van der Waals surface area (Å²) in [7, 11) is 1.53. The molecule has 0 radical (unpaired) electrons. The van der Waals surface area contributed by atoms with E-state index in [0.717, 1.165) is 11.3 Å². The number of carboxylic acid groups (broad SMARTS) is 1. The number of rotatable bonds is 9. The van der Waals surface area contributed by atoms with Crippen molar-refractivity contribution in [2.75, 3.05) is 13.7 Å². The normalized spacial score (nSPS) is 11.9. The minimum absolute atomic E-state index is 0.0883. The first-order valence-electron chi connectivity index (χ1n) is 7.17. The molecule has 0 amide bonds. The number of aromatic nitrogens is 1. The number of aliphatic hydroxyl groups is 1. The van der Waals surface area contributed by atoms with Gasteiger partial charge in [0.2, 0.25) is 0 Å². The molecule has 1 heterocycles. The van der Waals surface area contributed by atoms with Gasteiger partial charge in [0.05, 0.1) is 12.8 Å². The third-order valence-electron chi connectivity index (χ3n) is 3.27. The number of nitrogens with zero attached hydrogens (tertiary/aromatic N) is 1. The summed E-state index contributed by atoms with van der Waals surface area (Å²) in [5, 5.41) is 18.2. The molecule has 0 atom stereocenters. The second kappa shape index (κ2) is 8.89. The van der Waals surface area contributed by atoms with Crippen LogP contribution in [0.1, 0.15) is 35.9 Å². The molecular weight excluding hydrogens is 282 g/mol. The molecule has 2 N–H and O–H groups in total. The van der Waals surface area contributed by atoms with Crippen LogP contribution in [0.4, 0.5) is 0 Å². The van der Waals surface area contributed by atoms with Crippen LogP contribution >= 0.6 is 0 Å². The Morgan fingerprint density at radius 3 is 2.59 bits per heavy atom. The largest absolute Gasteiger partial charge is 0.497 e. The van der Waals surface area contributed by atoms with Crippen LogP contribution < -0.4 is 0 Å². The fourth-order valence-electron chi connectivity index (χ4n) is 2.14. The van der Waals surface area contributed by atoms with Crippen LogP contribution in [0, 0.1) is 0 Å². The number of hydrogen-bond acceptors (Lipinski definition) is 3. The highest BCUT2D eigenvalue weighted by molar-refractivity contribution is 5.88. The lowest BCUT2D eigenvalue weighted by Gasteiger charge is -2.15. The van der Waals surface area contributed by atoms with Crippen molar-refractivity contribution >= 4 is 11.5 Å². The third-order valence-corrected chi connectivity index (χ3v) is 3.27. The Kier molecular flexibility index (Phi) is 7.19. The standard InChI is InChI=1S/C17H23NO4/c1-4-5-8-14(13(2)22-3)15-9-10-16(17(20)21)18(15)11-6-7-12-19/h4-5,8-10,19H,2,6-7,11-12H2,1,3H3,(H,20,21)/b5-4-,14-8+. The van der Waals surface area contributed by atoms with Gasteiger partial charge in [0.15, 0.2) is 0 Å². The zero-order chi connectivity index (χ0) is 16.5. The molecule has 0 saturated heterocycles. The summed E-state index contributed by atoms with van der Waals surface area (Å²) >= 11 is 0. The molecule has 0 aliphatic heterocycles. The van der Waals surface area contributed by atoms with E-state index in [-0.39, 0.29) is 12.3 Å². The minimum atomic E-state index is -0.983. The predicted molar refractivity (Wildman–Crippen MR) is 86.7 cm³/mol. The number of ether oxygens (including phenoxy) is 1. The van der Waals surface area contributed by atoms with Gasteiger partial charge in [-0.3, -0.25) is 0 Å². The van der Waals surface area contributed by atoms with Gasteiger partial charge in [-0.25, -0.2) is 4.79 Å². The fraction of sp³-hybridized carbons (Fsp3) is 0.353. The highest BCUT2D eigenvalue weighted by Crippen LogP contribution is 2.26. The van der Waals surface area contributed by atoms with Crippen molar-refractivity contribution in [3.63, 3.8) is 0 Å². The van der Waals surface area contributed by atoms with Crippen molar-refractivity contribution in [2.24, 2.45) is 0 Å². The lowest BCUT2D eigenvalue weighted by Crippen LogP contribution is -2.12. The summed E-state index contributed by atoms with van der Waals surface area (Å²) in [5.74, 6) is -0.514. The lowest BCUT2D eigenvalue weighted by atomic mass is 10.1. The van der Waals surface area contributed by atoms with Gasteiger partial charge >= 0.3 is 5.97 Å². The van der Waals surface area contributed by atoms with Crippen molar-refractivity contribution in [2.45, 2.75) is 26.3 Å². The molecule has 1 aromatic heterocycles. The zero-order valence-corrected chi connectivity index (χ0v) is 13.1. The Labute approximate surface area is 130 Å². The lowest BCUT2D eigenvalue weighted by molar-refractivity contribution is 0.0684. The highest BCUT2D eigenvalue weighted by atomic mass is 16.5. The number of methoxy groups -OCH3 is 1. The first-order valence-corrected chi connectivity index (χ1v) is 7.17. The van der Waals surface area contributed by atoms with Crippen molar-refractivity contribution < 1.29 is 19.7 Å². The Balaban J connectivity index is 3.30. The molecule has 0 saturated carbocycles. The average Bonchev–Trinajstić information content (AvgIpc) is 2.91. The molecule has 120 valence electrons. The number of allylic oxidation sites excluding steroid dienone is 4. The van der Waals surface area contributed by atoms with Crippen LogP contribution in [0.2, 0.25) is 0 Å². The Morgan fingerprint density at radius 2 is 2.05 bits per heavy atom. The number of hydrogen-bond donors (Lipinski definition) is 2. The second-order valence-electron chi connectivity index (χ2n) is 4.72. The van der Waals surface area contributed by atoms with E-state index in [0.29, 0.717) is 25.1 Å². The molecule has 0 fully saturated rings. The van der Waals surface area contributed by atoms with E-state index in [9.17, 15) is 9.90 Å². The summed E-state index contributed by atoms with van der Waals surface area (Å²) in [6.45, 7) is 6.36. The topological polar surface area (TPSA) is 71.7 Å². The number of carboxylic acids is 1. The summed E-state index contributed by atoms with van der Waals surface area (Å²) in [4.78, 5) is 11.4. The van der Waals surface area contributed by atoms with Gasteiger partial charge in [0, 0.05) is 18.7 Å². The van der Waals surface area contributed by atoms with E-state index in [4.69, 9.17) is 9.84 Å². The summed E-state index contributed by atoms with van der Waals surface area (Å²) < 4.78 is 6.94. The molecule has 1 aromatic rings. The quantitative estimate of drug-likeness (QED) is 0.418. The number of unbranched alkanes of at least 4 members (excludes halogenated alkanes) is 1. The Bertz CT molecular complexity index is 581. The van der Waals surface area contributed by atoms with Gasteiger partial charge in [-0.05, 0) is 38.0 Å². The molecule has 0 aromatic carbocycles. The molecule has 0 bridgehead atoms. The van der Waals surface area contributed by atoms with Crippen LogP contribution in [0.5, 0.6) is 0 Å². The van der Waals surface area contributed by atoms with Gasteiger partial charge in [-0.15, -0.1) is 0 Å². The molecule has 5 nitrogen and oxygen atoms in total. The van der Waals surface area contributed by atoms with E-state index >= 15 is 0 Å². The Morgan fingerprint density at radius 1 is 1.36 bits per heavy atom. The van der Waals surface area contributed by atoms with E-state index < -0.39 is 5.97 Å². The predicted octanol–water partition coefficient (Wildman–Crippen LogP) is 3.08. The highest BCUT2D eigenvalue weighted by Gasteiger charge is 2.18. The van der Waals surface area contributed by atoms with Gasteiger partial charge < -0.3 is 19.5 Å². The second-order valence-corrected chi connectivity index (χ2v) is 4.72. The van der Waals surface area contributed by atoms with Crippen LogP contribution in [0.25, 0.3) is 5.57 Å². The third kappa shape index (κ3) is 4.36. The average molecular weight is 305 g/mol. The monoisotopic (exact) mass is 305 g/mol. The van der Waals surface area contributed by atoms with Gasteiger partial charge in [-0.2, -0.15) is 0 Å². The molecule has 22 heavy (non-hydrogen) atoms. The van der Waals surface area contributed by atoms with Crippen molar-refractivity contribution in [1.82, 2.24) is 4.57 Å². The maximum Gasteiger partial charge on any atom is 0.352 e. The molecule has 0 unspecified atom stereocenters. The van der Waals surface area contributed by atoms with E-state index in [1.807, 2.05) is 25.2 Å². The molecule has 0 aliphatic rings. The Hall–Kier alpha value is -2.27. The maximum absolute atomic E-state index is 11.4. The summed E-state index contributed by atoms with van der Waals surface area (Å²) in [6, 6.07) is 3.32. The zero-order valence-electron chi connectivity index (χ0n) is 13.1. The first-order chi connectivity index (χ1) is 10.6. The van der Waals surface area contributed by atoms with Gasteiger partial charge in [-0.1, -0.05) is 18.7 Å². The van der Waals surface area contributed by atoms with Gasteiger partial charge in [0.25, 0.3) is 0 Å². The van der Waals surface area contributed by atoms with Crippen molar-refractivity contribution in [3.8, 4) is 0 Å². The van der Waals surface area contributed by atoms with Crippen LogP contribution in [0.3, 0.4) is 0 Å². The minimum Gasteiger partial charge on any atom is -0.497 e. The van der Waals surface area contributed by atoms with Crippen molar-refractivity contribution in [3.05, 3.63) is 54.1 Å². The number of aromatic carboxylic acids is 1. The van der Waals surface area contributed by atoms with Crippen LogP contribution in [-0.2, 0) is 11.3 Å². The number of carbonyl (C=O) groups is 1. The number of aliphatic hydroxyl groups excluding tert-OH is 1. The molecule has 1 rings (SSSR count). The smallest absolute Gasteiger partial charge is 0.352 e. The summed E-state index contributed by atoms with van der Waals surface area (Å²) in [5.41, 5.74) is 1.68. The molecule has 5 heteroatoms. The van der Waals surface area contributed by atoms with Crippen LogP contribution in [-0.4, -0.2) is 34.5 Å². The van der Waals surface area contributed by atoms with E-state index in [1.165, 1.54) is 7.11 Å². The van der Waals surface area contributed by atoms with Crippen LogP contribution in [0.15, 0.2) is 42.7 Å². The summed E-state index contributed by atoms with van der Waals surface area (Å²) in [6.07, 6.45) is 6.88. The van der Waals surface area contributed by atoms with Gasteiger partial charge in [0.1, 0.15) is 11.5 Å². The first kappa shape index (κ1) is 17.8. The SMILES string of the molecule is C=C(OC)/C(=C\C=C/C)c1ccc(C(=O)O)n1CCCCO. The fourth-order valence-corrected chi connectivity index (χ4v) is 2.14. The maximum atomic E-state index is 11.4. The van der Waals surface area contributed by atoms with E-state index in [1.54, 1.807) is 16.7 Å². The molecular formula is C17H23NO4. The molecule has 0 aliphatic carbocycles. The van der Waals surface area contributed by atoms with E-state index in [2.05, 4.69) is 6.58 Å². The molecule has 0 spiro atoms. The van der Waals surface area contributed by atoms with Crippen molar-refractivity contribution in [1.29, 1.82) is 0 Å².